The molecule has 0 radical (unpaired) electrons. The first kappa shape index (κ1) is 22.4. The number of hydrogen-bond donors (Lipinski definition) is 3. The van der Waals surface area contributed by atoms with Gasteiger partial charge < -0.3 is 20.4 Å². The molecule has 0 spiro atoms. The van der Waals surface area contributed by atoms with Crippen molar-refractivity contribution in [2.75, 3.05) is 44.6 Å². The Hall–Kier alpha value is -3.26. The fourth-order valence-electron chi connectivity index (χ4n) is 3.63. The monoisotopic (exact) mass is 427 g/mol. The molecule has 31 heavy (non-hydrogen) atoms. The minimum Gasteiger partial charge on any atom is -0.343 e. The van der Waals surface area contributed by atoms with Gasteiger partial charge in [0, 0.05) is 5.69 Å². The zero-order chi connectivity index (χ0) is 22.2. The fourth-order valence-corrected chi connectivity index (χ4v) is 3.63. The number of quaternary nitrogens is 1. The molecule has 0 bridgehead atoms. The summed E-state index contributed by atoms with van der Waals surface area (Å²) in [7, 11) is 0. The molecule has 3 amide bonds. The number of amides is 3. The van der Waals surface area contributed by atoms with Gasteiger partial charge in [-0.1, -0.05) is 37.3 Å². The third-order valence-electron chi connectivity index (χ3n) is 5.42. The molecule has 0 aliphatic carbocycles. The highest BCUT2D eigenvalue weighted by Crippen LogP contribution is 2.14. The number of benzene rings is 2. The Kier molecular flexibility index (Phi) is 7.72. The van der Waals surface area contributed by atoms with Crippen LogP contribution in [-0.2, 0) is 16.0 Å². The minimum atomic E-state index is -0.621. The van der Waals surface area contributed by atoms with Crippen LogP contribution in [0.25, 0.3) is 0 Å². The van der Waals surface area contributed by atoms with Crippen LogP contribution >= 0.6 is 0 Å². The molecule has 3 rings (SSSR count). The molecule has 1 aliphatic rings. The van der Waals surface area contributed by atoms with Crippen molar-refractivity contribution in [3.8, 4) is 0 Å². The van der Waals surface area contributed by atoms with E-state index in [1.54, 1.807) is 11.0 Å². The molecule has 0 saturated carbocycles. The minimum absolute atomic E-state index is 0.0483. The van der Waals surface area contributed by atoms with Gasteiger partial charge in [0.05, 0.1) is 38.3 Å². The Morgan fingerprint density at radius 1 is 1.03 bits per heavy atom. The second-order valence-corrected chi connectivity index (χ2v) is 7.53. The second-order valence-electron chi connectivity index (χ2n) is 7.53. The molecule has 3 N–H and O–H groups in total. The van der Waals surface area contributed by atoms with Crippen molar-refractivity contribution < 1.29 is 23.7 Å². The van der Waals surface area contributed by atoms with Crippen LogP contribution in [0.2, 0.25) is 0 Å². The summed E-state index contributed by atoms with van der Waals surface area (Å²) in [4.78, 5) is 39.6. The van der Waals surface area contributed by atoms with Crippen LogP contribution in [0.4, 0.5) is 10.1 Å². The fraction of sp³-hybridized carbons (Fsp3) is 0.348. The molecule has 7 nitrogen and oxygen atoms in total. The van der Waals surface area contributed by atoms with E-state index in [0.29, 0.717) is 32.7 Å². The van der Waals surface area contributed by atoms with Gasteiger partial charge in [-0.25, -0.2) is 4.39 Å². The molecule has 8 heteroatoms. The molecule has 1 heterocycles. The molecule has 164 valence electrons. The Bertz CT molecular complexity index is 942. The van der Waals surface area contributed by atoms with Gasteiger partial charge in [0.1, 0.15) is 5.82 Å². The van der Waals surface area contributed by atoms with Crippen molar-refractivity contribution in [2.24, 2.45) is 0 Å². The van der Waals surface area contributed by atoms with Crippen LogP contribution in [0.15, 0.2) is 48.5 Å². The van der Waals surface area contributed by atoms with Gasteiger partial charge in [0.2, 0.25) is 5.91 Å². The Morgan fingerprint density at radius 2 is 1.71 bits per heavy atom. The first-order valence-corrected chi connectivity index (χ1v) is 10.5. The topological polar surface area (TPSA) is 82.9 Å². The van der Waals surface area contributed by atoms with E-state index in [1.165, 1.54) is 18.2 Å². The number of para-hydroxylation sites is 1. The summed E-state index contributed by atoms with van der Waals surface area (Å²) in [6, 6.07) is 13.4. The average molecular weight is 428 g/mol. The Labute approximate surface area is 181 Å². The van der Waals surface area contributed by atoms with Crippen LogP contribution in [0.1, 0.15) is 22.8 Å². The maximum absolute atomic E-state index is 13.7. The first-order chi connectivity index (χ1) is 15.0. The number of nitrogens with one attached hydrogen (secondary N) is 3. The zero-order valence-electron chi connectivity index (χ0n) is 17.6. The number of nitrogens with zero attached hydrogens (tertiary/aromatic N) is 1. The van der Waals surface area contributed by atoms with Gasteiger partial charge in [0.15, 0.2) is 6.54 Å². The molecule has 2 aromatic rings. The summed E-state index contributed by atoms with van der Waals surface area (Å²) >= 11 is 0. The van der Waals surface area contributed by atoms with Crippen molar-refractivity contribution in [1.29, 1.82) is 0 Å². The van der Waals surface area contributed by atoms with Crippen LogP contribution in [0.3, 0.4) is 0 Å². The van der Waals surface area contributed by atoms with Crippen molar-refractivity contribution in [3.63, 3.8) is 0 Å². The van der Waals surface area contributed by atoms with Crippen LogP contribution in [-0.4, -0.2) is 61.9 Å². The lowest BCUT2D eigenvalue weighted by atomic mass is 10.1. The van der Waals surface area contributed by atoms with E-state index in [9.17, 15) is 18.8 Å². The normalized spacial score (nSPS) is 14.2. The highest BCUT2D eigenvalue weighted by molar-refractivity contribution is 5.96. The zero-order valence-corrected chi connectivity index (χ0v) is 17.6. The SMILES string of the molecule is CCc1ccccc1NC(=O)C[NH+]1CCN(C(=O)CNC(=O)c2ccccc2F)CC1. The van der Waals surface area contributed by atoms with Crippen molar-refractivity contribution in [1.82, 2.24) is 10.2 Å². The average Bonchev–Trinajstić information content (AvgIpc) is 2.78. The predicted molar refractivity (Wildman–Crippen MR) is 115 cm³/mol. The van der Waals surface area contributed by atoms with E-state index in [2.05, 4.69) is 10.6 Å². The first-order valence-electron chi connectivity index (χ1n) is 10.5. The van der Waals surface area contributed by atoms with Gasteiger partial charge >= 0.3 is 0 Å². The molecule has 0 aromatic heterocycles. The van der Waals surface area contributed by atoms with E-state index in [-0.39, 0.29) is 23.9 Å². The Morgan fingerprint density at radius 3 is 2.42 bits per heavy atom. The highest BCUT2D eigenvalue weighted by atomic mass is 19.1. The van der Waals surface area contributed by atoms with Crippen molar-refractivity contribution in [2.45, 2.75) is 13.3 Å². The summed E-state index contributed by atoms with van der Waals surface area (Å²) in [5.74, 6) is -1.50. The quantitative estimate of drug-likeness (QED) is 0.601. The van der Waals surface area contributed by atoms with Crippen LogP contribution in [0, 0.1) is 5.82 Å². The Balaban J connectivity index is 1.41. The van der Waals surface area contributed by atoms with E-state index in [1.807, 2.05) is 31.2 Å². The second kappa shape index (κ2) is 10.7. The largest absolute Gasteiger partial charge is 0.343 e. The number of aryl methyl sites for hydroxylation is 1. The van der Waals surface area contributed by atoms with Gasteiger partial charge in [-0.15, -0.1) is 0 Å². The van der Waals surface area contributed by atoms with E-state index >= 15 is 0 Å². The molecule has 0 atom stereocenters. The number of carbonyl (C=O) groups excluding carboxylic acids is 3. The van der Waals surface area contributed by atoms with Gasteiger partial charge in [-0.05, 0) is 30.2 Å². The lowest BCUT2D eigenvalue weighted by Gasteiger charge is -2.32. The van der Waals surface area contributed by atoms with Gasteiger partial charge in [0.25, 0.3) is 11.8 Å². The third kappa shape index (κ3) is 6.11. The maximum atomic E-state index is 13.7. The summed E-state index contributed by atoms with van der Waals surface area (Å²) < 4.78 is 13.7. The van der Waals surface area contributed by atoms with E-state index in [0.717, 1.165) is 22.6 Å². The van der Waals surface area contributed by atoms with Crippen molar-refractivity contribution in [3.05, 3.63) is 65.5 Å². The number of piperazine rings is 1. The summed E-state index contributed by atoms with van der Waals surface area (Å²) in [6.45, 7) is 4.50. The van der Waals surface area contributed by atoms with Crippen LogP contribution < -0.4 is 15.5 Å². The van der Waals surface area contributed by atoms with Crippen LogP contribution in [0.5, 0.6) is 0 Å². The predicted octanol–water partition coefficient (Wildman–Crippen LogP) is 0.484. The number of rotatable bonds is 7. The third-order valence-corrected chi connectivity index (χ3v) is 5.42. The van der Waals surface area contributed by atoms with Gasteiger partial charge in [-0.2, -0.15) is 0 Å². The number of halogens is 1. The standard InChI is InChI=1S/C23H27FN4O3/c1-2-17-7-3-6-10-20(17)26-21(29)16-27-11-13-28(14-12-27)22(30)15-25-23(31)18-8-4-5-9-19(18)24/h3-10H,2,11-16H2,1H3,(H,25,31)(H,26,29)/p+1. The lowest BCUT2D eigenvalue weighted by molar-refractivity contribution is -0.895. The molecule has 0 unspecified atom stereocenters. The van der Waals surface area contributed by atoms with Gasteiger partial charge in [-0.3, -0.25) is 14.4 Å². The number of anilines is 1. The summed E-state index contributed by atoms with van der Waals surface area (Å²) in [5, 5.41) is 5.45. The summed E-state index contributed by atoms with van der Waals surface area (Å²) in [6.07, 6.45) is 0.845. The molecule has 1 fully saturated rings. The maximum Gasteiger partial charge on any atom is 0.279 e. The smallest absolute Gasteiger partial charge is 0.279 e. The molecule has 1 aliphatic heterocycles. The van der Waals surface area contributed by atoms with E-state index in [4.69, 9.17) is 0 Å². The number of hydrogen-bond acceptors (Lipinski definition) is 3. The lowest BCUT2D eigenvalue weighted by Crippen LogP contribution is -3.15. The molecular weight excluding hydrogens is 399 g/mol. The molecule has 1 saturated heterocycles. The summed E-state index contributed by atoms with van der Waals surface area (Å²) in [5.41, 5.74) is 1.85. The highest BCUT2D eigenvalue weighted by Gasteiger charge is 2.25. The number of carbonyl (C=O) groups is 3. The molecule has 2 aromatic carbocycles. The van der Waals surface area contributed by atoms with E-state index < -0.39 is 11.7 Å². The van der Waals surface area contributed by atoms with Crippen molar-refractivity contribution >= 4 is 23.4 Å². The molecular formula is C23H28FN4O3+.